The number of esters is 1. The minimum Gasteiger partial charge on any atom is -0.460 e. The molecular formula is C17H26N2O6S. The summed E-state index contributed by atoms with van der Waals surface area (Å²) in [5.74, 6) is -1.03. The minimum absolute atomic E-state index is 0.0157. The van der Waals surface area contributed by atoms with Gasteiger partial charge in [-0.25, -0.2) is 13.2 Å². The van der Waals surface area contributed by atoms with Gasteiger partial charge in [-0.1, -0.05) is 13.3 Å². The molecule has 8 nitrogen and oxygen atoms in total. The Morgan fingerprint density at radius 2 is 1.96 bits per heavy atom. The molecule has 1 aromatic heterocycles. The fraction of sp³-hybridized carbons (Fsp3) is 0.647. The first kappa shape index (κ1) is 20.4. The molecule has 0 aliphatic carbocycles. The molecule has 146 valence electrons. The van der Waals surface area contributed by atoms with E-state index >= 15 is 0 Å². The number of carbonyl (C=O) groups excluding carboxylic acids is 2. The van der Waals surface area contributed by atoms with Crippen LogP contribution >= 0.6 is 0 Å². The van der Waals surface area contributed by atoms with Crippen molar-refractivity contribution in [3.63, 3.8) is 0 Å². The number of rotatable bonds is 8. The third-order valence-corrected chi connectivity index (χ3v) is 6.08. The number of furan rings is 1. The number of carbonyl (C=O) groups is 2. The Bertz CT molecular complexity index is 719. The first-order valence-electron chi connectivity index (χ1n) is 8.95. The summed E-state index contributed by atoms with van der Waals surface area (Å²) in [6, 6.07) is 2.55. The molecule has 0 saturated carbocycles. The molecule has 0 radical (unpaired) electrons. The first-order valence-corrected chi connectivity index (χ1v) is 10.4. The zero-order valence-electron chi connectivity index (χ0n) is 15.2. The maximum atomic E-state index is 12.6. The molecule has 0 bridgehead atoms. The van der Waals surface area contributed by atoms with Crippen LogP contribution in [0.4, 0.5) is 0 Å². The number of hydrogen-bond donors (Lipinski definition) is 1. The van der Waals surface area contributed by atoms with Crippen LogP contribution in [0.25, 0.3) is 0 Å². The smallest absolute Gasteiger partial charge is 0.374 e. The highest BCUT2D eigenvalue weighted by Crippen LogP contribution is 2.25. The van der Waals surface area contributed by atoms with E-state index in [1.807, 2.05) is 0 Å². The van der Waals surface area contributed by atoms with Gasteiger partial charge < -0.3 is 14.5 Å². The van der Waals surface area contributed by atoms with Gasteiger partial charge in [-0.2, -0.15) is 4.31 Å². The first-order chi connectivity index (χ1) is 12.4. The second kappa shape index (κ2) is 9.18. The molecule has 1 aromatic rings. The fourth-order valence-electron chi connectivity index (χ4n) is 2.79. The summed E-state index contributed by atoms with van der Waals surface area (Å²) in [7, 11) is -3.83. The Labute approximate surface area is 153 Å². The van der Waals surface area contributed by atoms with Crippen molar-refractivity contribution in [2.75, 3.05) is 26.2 Å². The second-order valence-corrected chi connectivity index (χ2v) is 8.03. The predicted octanol–water partition coefficient (Wildman–Crippen LogP) is 1.77. The number of ether oxygens (including phenoxy) is 1. The van der Waals surface area contributed by atoms with Gasteiger partial charge in [0.05, 0.1) is 6.61 Å². The Kier molecular flexibility index (Phi) is 7.22. The Morgan fingerprint density at radius 3 is 2.58 bits per heavy atom. The molecule has 0 spiro atoms. The number of hydrogen-bond acceptors (Lipinski definition) is 6. The van der Waals surface area contributed by atoms with E-state index in [0.29, 0.717) is 19.4 Å². The highest BCUT2D eigenvalue weighted by Gasteiger charge is 2.34. The van der Waals surface area contributed by atoms with Crippen molar-refractivity contribution in [1.82, 2.24) is 9.62 Å². The molecule has 1 N–H and O–H groups in total. The molecule has 1 aliphatic rings. The van der Waals surface area contributed by atoms with Crippen LogP contribution in [0.2, 0.25) is 0 Å². The number of amides is 1. The van der Waals surface area contributed by atoms with Crippen molar-refractivity contribution in [3.05, 3.63) is 17.9 Å². The summed E-state index contributed by atoms with van der Waals surface area (Å²) in [6.45, 7) is 5.01. The van der Waals surface area contributed by atoms with Crippen LogP contribution in [0.15, 0.2) is 21.6 Å². The van der Waals surface area contributed by atoms with Gasteiger partial charge in [-0.3, -0.25) is 4.79 Å². The van der Waals surface area contributed by atoms with E-state index in [2.05, 4.69) is 12.2 Å². The largest absolute Gasteiger partial charge is 0.460 e. The lowest BCUT2D eigenvalue weighted by molar-refractivity contribution is -0.126. The monoisotopic (exact) mass is 386 g/mol. The van der Waals surface area contributed by atoms with E-state index in [4.69, 9.17) is 9.15 Å². The van der Waals surface area contributed by atoms with Gasteiger partial charge in [0.1, 0.15) is 0 Å². The third-order valence-electron chi connectivity index (χ3n) is 4.31. The SMILES string of the molecule is CCCCNC(=O)C1CCN(S(=O)(=O)c2ccc(C(=O)OCC)o2)CC1. The summed E-state index contributed by atoms with van der Waals surface area (Å²) < 4.78 is 36.6. The average molecular weight is 386 g/mol. The minimum atomic E-state index is -3.83. The number of nitrogens with one attached hydrogen (secondary N) is 1. The van der Waals surface area contributed by atoms with Crippen LogP contribution in [-0.2, 0) is 19.6 Å². The van der Waals surface area contributed by atoms with Crippen LogP contribution in [0.1, 0.15) is 50.1 Å². The van der Waals surface area contributed by atoms with Crippen LogP contribution in [-0.4, -0.2) is 50.8 Å². The van der Waals surface area contributed by atoms with Gasteiger partial charge >= 0.3 is 5.97 Å². The molecule has 1 amide bonds. The van der Waals surface area contributed by atoms with Crippen molar-refractivity contribution in [2.24, 2.45) is 5.92 Å². The molecule has 0 atom stereocenters. The Balaban J connectivity index is 1.95. The normalized spacial score (nSPS) is 16.4. The van der Waals surface area contributed by atoms with Crippen molar-refractivity contribution in [1.29, 1.82) is 0 Å². The van der Waals surface area contributed by atoms with Gasteiger partial charge in [-0.15, -0.1) is 0 Å². The lowest BCUT2D eigenvalue weighted by Gasteiger charge is -2.29. The van der Waals surface area contributed by atoms with Crippen LogP contribution in [0, 0.1) is 5.92 Å². The van der Waals surface area contributed by atoms with E-state index in [9.17, 15) is 18.0 Å². The maximum Gasteiger partial charge on any atom is 0.374 e. The van der Waals surface area contributed by atoms with E-state index in [1.54, 1.807) is 6.92 Å². The fourth-order valence-corrected chi connectivity index (χ4v) is 4.17. The highest BCUT2D eigenvalue weighted by atomic mass is 32.2. The van der Waals surface area contributed by atoms with Crippen molar-refractivity contribution in [2.45, 2.75) is 44.6 Å². The van der Waals surface area contributed by atoms with Gasteiger partial charge in [0.25, 0.3) is 10.0 Å². The van der Waals surface area contributed by atoms with E-state index < -0.39 is 16.0 Å². The summed E-state index contributed by atoms with van der Waals surface area (Å²) in [5, 5.41) is 2.60. The third kappa shape index (κ3) is 4.85. The molecule has 1 aliphatic heterocycles. The van der Waals surface area contributed by atoms with E-state index in [0.717, 1.165) is 12.8 Å². The van der Waals surface area contributed by atoms with Gasteiger partial charge in [-0.05, 0) is 38.3 Å². The molecule has 0 unspecified atom stereocenters. The number of piperidine rings is 1. The Hall–Kier alpha value is -1.87. The van der Waals surface area contributed by atoms with Crippen molar-refractivity contribution < 1.29 is 27.2 Å². The number of nitrogens with zero attached hydrogens (tertiary/aromatic N) is 1. The van der Waals surface area contributed by atoms with E-state index in [1.165, 1.54) is 16.4 Å². The number of sulfonamides is 1. The predicted molar refractivity (Wildman–Crippen MR) is 94.1 cm³/mol. The van der Waals surface area contributed by atoms with Crippen molar-refractivity contribution >= 4 is 21.9 Å². The lowest BCUT2D eigenvalue weighted by Crippen LogP contribution is -2.43. The van der Waals surface area contributed by atoms with Gasteiger partial charge in [0, 0.05) is 25.6 Å². The van der Waals surface area contributed by atoms with Crippen LogP contribution < -0.4 is 5.32 Å². The lowest BCUT2D eigenvalue weighted by atomic mass is 9.97. The second-order valence-electron chi connectivity index (χ2n) is 6.16. The molecule has 2 rings (SSSR count). The zero-order chi connectivity index (χ0) is 19.2. The topological polar surface area (TPSA) is 106 Å². The quantitative estimate of drug-likeness (QED) is 0.539. The van der Waals surface area contributed by atoms with Crippen LogP contribution in [0.5, 0.6) is 0 Å². The summed E-state index contributed by atoms with van der Waals surface area (Å²) in [6.07, 6.45) is 2.86. The molecule has 1 fully saturated rings. The van der Waals surface area contributed by atoms with E-state index in [-0.39, 0.29) is 42.4 Å². The molecule has 2 heterocycles. The summed E-state index contributed by atoms with van der Waals surface area (Å²) in [5.41, 5.74) is 0. The van der Waals surface area contributed by atoms with Crippen LogP contribution in [0.3, 0.4) is 0 Å². The standard InChI is InChI=1S/C17H26N2O6S/c1-3-5-10-18-16(20)13-8-11-19(12-9-13)26(22,23)15-7-6-14(25-15)17(21)24-4-2/h6-7,13H,3-5,8-12H2,1-2H3,(H,18,20). The molecule has 0 aromatic carbocycles. The van der Waals surface area contributed by atoms with Gasteiger partial charge in [0.15, 0.2) is 0 Å². The Morgan fingerprint density at radius 1 is 1.27 bits per heavy atom. The highest BCUT2D eigenvalue weighted by molar-refractivity contribution is 7.89. The molecule has 26 heavy (non-hydrogen) atoms. The number of unbranched alkanes of at least 4 members (excludes halogenated alkanes) is 1. The summed E-state index contributed by atoms with van der Waals surface area (Å²) >= 11 is 0. The molecule has 9 heteroatoms. The zero-order valence-corrected chi connectivity index (χ0v) is 16.0. The maximum absolute atomic E-state index is 12.6. The van der Waals surface area contributed by atoms with Gasteiger partial charge in [0.2, 0.25) is 16.8 Å². The molecular weight excluding hydrogens is 360 g/mol. The molecule has 1 saturated heterocycles. The summed E-state index contributed by atoms with van der Waals surface area (Å²) in [4.78, 5) is 23.7. The average Bonchev–Trinajstić information content (AvgIpc) is 3.13. The van der Waals surface area contributed by atoms with Crippen molar-refractivity contribution in [3.8, 4) is 0 Å².